The normalized spacial score (nSPS) is 12.3. The van der Waals surface area contributed by atoms with E-state index in [-0.39, 0.29) is 0 Å². The van der Waals surface area contributed by atoms with E-state index in [9.17, 15) is 0 Å². The zero-order valence-electron chi connectivity index (χ0n) is 13.2. The quantitative estimate of drug-likeness (QED) is 0.725. The average molecular weight is 281 g/mol. The predicted octanol–water partition coefficient (Wildman–Crippen LogP) is 2.94. The first kappa shape index (κ1) is 16.5. The number of rotatable bonds is 9. The maximum atomic E-state index is 5.37. The van der Waals surface area contributed by atoms with Crippen LogP contribution in [0.3, 0.4) is 0 Å². The van der Waals surface area contributed by atoms with Crippen molar-refractivity contribution in [3.05, 3.63) is 0 Å². The number of aromatic nitrogens is 3. The van der Waals surface area contributed by atoms with E-state index in [1.165, 1.54) is 6.42 Å². The fraction of sp³-hybridized carbons (Fsp3) is 0.786. The largest absolute Gasteiger partial charge is 0.464 e. The maximum absolute atomic E-state index is 5.37. The third kappa shape index (κ3) is 6.04. The molecule has 1 heterocycles. The summed E-state index contributed by atoms with van der Waals surface area (Å²) in [6.07, 6.45) is 2.27. The van der Waals surface area contributed by atoms with Crippen LogP contribution in [0.15, 0.2) is 0 Å². The van der Waals surface area contributed by atoms with Crippen molar-refractivity contribution >= 4 is 11.9 Å². The molecule has 1 rings (SSSR count). The molecule has 0 aliphatic carbocycles. The highest BCUT2D eigenvalue weighted by Gasteiger charge is 2.10. The minimum atomic E-state index is 0.323. The van der Waals surface area contributed by atoms with E-state index in [2.05, 4.69) is 46.4 Å². The van der Waals surface area contributed by atoms with Crippen molar-refractivity contribution in [3.8, 4) is 6.01 Å². The Hall–Kier alpha value is -1.59. The van der Waals surface area contributed by atoms with Gasteiger partial charge in [-0.25, -0.2) is 0 Å². The molecule has 0 saturated heterocycles. The highest BCUT2D eigenvalue weighted by Crippen LogP contribution is 2.14. The van der Waals surface area contributed by atoms with Crippen LogP contribution in [0.25, 0.3) is 0 Å². The van der Waals surface area contributed by atoms with Crippen LogP contribution in [-0.4, -0.2) is 34.1 Å². The molecule has 1 unspecified atom stereocenters. The smallest absolute Gasteiger partial charge is 0.323 e. The van der Waals surface area contributed by atoms with Gasteiger partial charge in [-0.2, -0.15) is 15.0 Å². The van der Waals surface area contributed by atoms with Crippen molar-refractivity contribution in [1.82, 2.24) is 15.0 Å². The van der Waals surface area contributed by atoms with Crippen molar-refractivity contribution in [1.29, 1.82) is 0 Å². The van der Waals surface area contributed by atoms with Gasteiger partial charge < -0.3 is 15.4 Å². The Bertz CT molecular complexity index is 373. The summed E-state index contributed by atoms with van der Waals surface area (Å²) in [5, 5.41) is 6.40. The molecule has 20 heavy (non-hydrogen) atoms. The van der Waals surface area contributed by atoms with Crippen LogP contribution < -0.4 is 15.4 Å². The van der Waals surface area contributed by atoms with Gasteiger partial charge in [-0.15, -0.1) is 0 Å². The SMILES string of the molecule is CCNc1nc(NC(C)CCC(C)C)nc(OCC)n1. The molecule has 0 radical (unpaired) electrons. The number of nitrogens with one attached hydrogen (secondary N) is 2. The number of hydrogen-bond donors (Lipinski definition) is 2. The number of ether oxygens (including phenoxy) is 1. The van der Waals surface area contributed by atoms with E-state index in [0.29, 0.717) is 36.5 Å². The lowest BCUT2D eigenvalue weighted by atomic mass is 10.0. The first-order valence-corrected chi connectivity index (χ1v) is 7.44. The van der Waals surface area contributed by atoms with Crippen LogP contribution in [0.4, 0.5) is 11.9 Å². The van der Waals surface area contributed by atoms with E-state index < -0.39 is 0 Å². The van der Waals surface area contributed by atoms with E-state index in [0.717, 1.165) is 13.0 Å². The first-order chi connectivity index (χ1) is 9.55. The second-order valence-electron chi connectivity index (χ2n) is 5.25. The molecular formula is C14H27N5O. The molecule has 2 N–H and O–H groups in total. The summed E-state index contributed by atoms with van der Waals surface area (Å²) < 4.78 is 5.37. The molecule has 114 valence electrons. The van der Waals surface area contributed by atoms with E-state index in [1.807, 2.05) is 13.8 Å². The maximum Gasteiger partial charge on any atom is 0.323 e. The molecule has 0 aromatic carbocycles. The fourth-order valence-corrected chi connectivity index (χ4v) is 1.73. The Morgan fingerprint density at radius 2 is 1.70 bits per heavy atom. The number of anilines is 2. The molecule has 0 bridgehead atoms. The van der Waals surface area contributed by atoms with Gasteiger partial charge in [-0.3, -0.25) is 0 Å². The molecule has 0 saturated carbocycles. The summed E-state index contributed by atoms with van der Waals surface area (Å²) in [4.78, 5) is 12.8. The molecule has 1 aromatic rings. The molecule has 0 amide bonds. The molecule has 0 spiro atoms. The summed E-state index contributed by atoms with van der Waals surface area (Å²) in [5.41, 5.74) is 0. The van der Waals surface area contributed by atoms with Crippen LogP contribution in [0.1, 0.15) is 47.5 Å². The number of nitrogens with zero attached hydrogens (tertiary/aromatic N) is 3. The molecule has 1 atom stereocenters. The monoisotopic (exact) mass is 281 g/mol. The van der Waals surface area contributed by atoms with Crippen LogP contribution in [0, 0.1) is 5.92 Å². The van der Waals surface area contributed by atoms with Gasteiger partial charge in [0, 0.05) is 12.6 Å². The molecule has 6 heteroatoms. The van der Waals surface area contributed by atoms with Crippen LogP contribution >= 0.6 is 0 Å². The van der Waals surface area contributed by atoms with Crippen molar-refractivity contribution in [2.45, 2.75) is 53.5 Å². The van der Waals surface area contributed by atoms with Crippen molar-refractivity contribution in [3.63, 3.8) is 0 Å². The Morgan fingerprint density at radius 1 is 1.00 bits per heavy atom. The van der Waals surface area contributed by atoms with Gasteiger partial charge in [0.2, 0.25) is 11.9 Å². The average Bonchev–Trinajstić information content (AvgIpc) is 2.37. The number of hydrogen-bond acceptors (Lipinski definition) is 6. The van der Waals surface area contributed by atoms with E-state index in [4.69, 9.17) is 4.74 Å². The minimum absolute atomic E-state index is 0.323. The minimum Gasteiger partial charge on any atom is -0.464 e. The van der Waals surface area contributed by atoms with Gasteiger partial charge in [0.05, 0.1) is 6.61 Å². The predicted molar refractivity (Wildman–Crippen MR) is 82.3 cm³/mol. The molecular weight excluding hydrogens is 254 g/mol. The van der Waals surface area contributed by atoms with Crippen LogP contribution in [-0.2, 0) is 0 Å². The van der Waals surface area contributed by atoms with Gasteiger partial charge in [0.25, 0.3) is 0 Å². The van der Waals surface area contributed by atoms with Crippen LogP contribution in [0.5, 0.6) is 6.01 Å². The first-order valence-electron chi connectivity index (χ1n) is 7.44. The lowest BCUT2D eigenvalue weighted by Gasteiger charge is -2.16. The standard InChI is InChI=1S/C14H27N5O/c1-6-15-12-17-13(19-14(18-12)20-7-2)16-11(5)9-8-10(3)4/h10-11H,6-9H2,1-5H3,(H2,15,16,17,18,19). The Kier molecular flexibility index (Phi) is 7.04. The van der Waals surface area contributed by atoms with Gasteiger partial charge in [0.15, 0.2) is 0 Å². The van der Waals surface area contributed by atoms with E-state index in [1.54, 1.807) is 0 Å². The highest BCUT2D eigenvalue weighted by molar-refractivity contribution is 5.36. The Labute approximate surface area is 121 Å². The molecule has 1 aromatic heterocycles. The van der Waals surface area contributed by atoms with Gasteiger partial charge in [0.1, 0.15) is 0 Å². The highest BCUT2D eigenvalue weighted by atomic mass is 16.5. The third-order valence-electron chi connectivity index (χ3n) is 2.78. The second kappa shape index (κ2) is 8.55. The lowest BCUT2D eigenvalue weighted by molar-refractivity contribution is 0.312. The van der Waals surface area contributed by atoms with Gasteiger partial charge in [-0.05, 0) is 39.5 Å². The Morgan fingerprint density at radius 3 is 2.30 bits per heavy atom. The van der Waals surface area contributed by atoms with Crippen molar-refractivity contribution < 1.29 is 4.74 Å². The topological polar surface area (TPSA) is 72.0 Å². The van der Waals surface area contributed by atoms with Gasteiger partial charge in [-0.1, -0.05) is 13.8 Å². The lowest BCUT2D eigenvalue weighted by Crippen LogP contribution is -2.19. The summed E-state index contributed by atoms with van der Waals surface area (Å²) in [7, 11) is 0. The second-order valence-corrected chi connectivity index (χ2v) is 5.25. The Balaban J connectivity index is 2.71. The van der Waals surface area contributed by atoms with Gasteiger partial charge >= 0.3 is 6.01 Å². The van der Waals surface area contributed by atoms with E-state index >= 15 is 0 Å². The fourth-order valence-electron chi connectivity index (χ4n) is 1.73. The zero-order valence-corrected chi connectivity index (χ0v) is 13.2. The summed E-state index contributed by atoms with van der Waals surface area (Å²) in [6, 6.07) is 0.681. The summed E-state index contributed by atoms with van der Waals surface area (Å²) in [5.74, 6) is 1.81. The molecule has 0 fully saturated rings. The third-order valence-corrected chi connectivity index (χ3v) is 2.78. The summed E-state index contributed by atoms with van der Waals surface area (Å²) in [6.45, 7) is 11.8. The summed E-state index contributed by atoms with van der Waals surface area (Å²) >= 11 is 0. The zero-order chi connectivity index (χ0) is 15.0. The molecule has 6 nitrogen and oxygen atoms in total. The van der Waals surface area contributed by atoms with Crippen molar-refractivity contribution in [2.75, 3.05) is 23.8 Å². The molecule has 0 aliphatic rings. The molecule has 0 aliphatic heterocycles. The van der Waals surface area contributed by atoms with Crippen molar-refractivity contribution in [2.24, 2.45) is 5.92 Å². The van der Waals surface area contributed by atoms with Crippen LogP contribution in [0.2, 0.25) is 0 Å².